The molecule has 0 saturated carbocycles. The summed E-state index contributed by atoms with van der Waals surface area (Å²) in [6.07, 6.45) is 4.70. The van der Waals surface area contributed by atoms with E-state index < -0.39 is 4.92 Å². The van der Waals surface area contributed by atoms with Crippen LogP contribution in [0.5, 0.6) is 0 Å². The molecule has 2 aromatic carbocycles. The van der Waals surface area contributed by atoms with Gasteiger partial charge in [-0.05, 0) is 41.5 Å². The topological polar surface area (TPSA) is 85.1 Å². The van der Waals surface area contributed by atoms with E-state index in [2.05, 4.69) is 10.3 Å². The van der Waals surface area contributed by atoms with Gasteiger partial charge in [0.15, 0.2) is 0 Å². The molecule has 6 heteroatoms. The Morgan fingerprint density at radius 1 is 1.00 bits per heavy atom. The summed E-state index contributed by atoms with van der Waals surface area (Å²) < 4.78 is 0. The van der Waals surface area contributed by atoms with Crippen molar-refractivity contribution in [1.82, 2.24) is 10.3 Å². The lowest BCUT2D eigenvalue weighted by Gasteiger charge is -2.17. The minimum Gasteiger partial charge on any atom is -0.340 e. The maximum absolute atomic E-state index is 12.4. The van der Waals surface area contributed by atoms with E-state index in [1.54, 1.807) is 24.4 Å². The zero-order valence-electron chi connectivity index (χ0n) is 14.4. The first-order chi connectivity index (χ1) is 13.1. The second-order valence-corrected chi connectivity index (χ2v) is 5.79. The number of benzene rings is 2. The number of nitrogens with zero attached hydrogens (tertiary/aromatic N) is 2. The number of carbonyl (C=O) groups is 1. The molecule has 1 amide bonds. The Morgan fingerprint density at radius 2 is 1.70 bits per heavy atom. The number of nitrogens with one attached hydrogen (secondary N) is 1. The van der Waals surface area contributed by atoms with E-state index in [4.69, 9.17) is 0 Å². The lowest BCUT2D eigenvalue weighted by molar-refractivity contribution is -0.384. The minimum absolute atomic E-state index is 0.0101. The van der Waals surface area contributed by atoms with Crippen molar-refractivity contribution in [1.29, 1.82) is 0 Å². The van der Waals surface area contributed by atoms with Crippen LogP contribution >= 0.6 is 0 Å². The van der Waals surface area contributed by atoms with Gasteiger partial charge >= 0.3 is 0 Å². The number of amides is 1. The number of rotatable bonds is 6. The highest BCUT2D eigenvalue weighted by Crippen LogP contribution is 2.20. The van der Waals surface area contributed by atoms with E-state index in [1.165, 1.54) is 18.2 Å². The van der Waals surface area contributed by atoms with Gasteiger partial charge in [-0.1, -0.05) is 36.4 Å². The van der Waals surface area contributed by atoms with E-state index in [1.807, 2.05) is 48.5 Å². The van der Waals surface area contributed by atoms with Gasteiger partial charge in [0.1, 0.15) is 0 Å². The summed E-state index contributed by atoms with van der Waals surface area (Å²) in [5.41, 5.74) is 2.37. The number of nitro groups is 1. The predicted octanol–water partition coefficient (Wildman–Crippen LogP) is 3.91. The minimum atomic E-state index is -0.461. The molecular weight excluding hydrogens is 342 g/mol. The molecular formula is C21H17N3O3. The van der Waals surface area contributed by atoms with Crippen molar-refractivity contribution in [3.8, 4) is 0 Å². The SMILES string of the molecule is O=C(/C=C/c1ccc([N+](=O)[O-])cc1)NC(c1ccccc1)c1ccccn1. The summed E-state index contributed by atoms with van der Waals surface area (Å²) >= 11 is 0. The van der Waals surface area contributed by atoms with Crippen molar-refractivity contribution in [2.24, 2.45) is 0 Å². The summed E-state index contributed by atoms with van der Waals surface area (Å²) in [5.74, 6) is -0.284. The van der Waals surface area contributed by atoms with Gasteiger partial charge in [-0.15, -0.1) is 0 Å². The third kappa shape index (κ3) is 4.85. The molecule has 1 aromatic heterocycles. The molecule has 0 fully saturated rings. The van der Waals surface area contributed by atoms with Crippen LogP contribution in [0.4, 0.5) is 5.69 Å². The van der Waals surface area contributed by atoms with E-state index in [0.717, 1.165) is 11.3 Å². The molecule has 1 N–H and O–H groups in total. The van der Waals surface area contributed by atoms with Gasteiger partial charge < -0.3 is 5.32 Å². The van der Waals surface area contributed by atoms with Crippen LogP contribution in [0, 0.1) is 10.1 Å². The monoisotopic (exact) mass is 359 g/mol. The van der Waals surface area contributed by atoms with E-state index in [-0.39, 0.29) is 17.6 Å². The maximum Gasteiger partial charge on any atom is 0.269 e. The first-order valence-electron chi connectivity index (χ1n) is 8.32. The van der Waals surface area contributed by atoms with Crippen LogP contribution < -0.4 is 5.32 Å². The van der Waals surface area contributed by atoms with Gasteiger partial charge in [-0.3, -0.25) is 19.9 Å². The average molecular weight is 359 g/mol. The molecule has 1 unspecified atom stereocenters. The normalized spacial score (nSPS) is 11.9. The van der Waals surface area contributed by atoms with Gasteiger partial charge in [0.05, 0.1) is 16.7 Å². The standard InChI is InChI=1S/C21H17N3O3/c25-20(14-11-16-9-12-18(13-10-16)24(26)27)23-21(17-6-2-1-3-7-17)19-8-4-5-15-22-19/h1-15,21H,(H,23,25)/b14-11+. The van der Waals surface area contributed by atoms with Crippen molar-refractivity contribution < 1.29 is 9.72 Å². The van der Waals surface area contributed by atoms with E-state index >= 15 is 0 Å². The molecule has 27 heavy (non-hydrogen) atoms. The zero-order chi connectivity index (χ0) is 19.1. The molecule has 0 radical (unpaired) electrons. The number of carbonyl (C=O) groups excluding carboxylic acids is 1. The first-order valence-corrected chi connectivity index (χ1v) is 8.32. The third-order valence-electron chi connectivity index (χ3n) is 3.93. The van der Waals surface area contributed by atoms with Crippen molar-refractivity contribution in [3.63, 3.8) is 0 Å². The molecule has 0 spiro atoms. The van der Waals surface area contributed by atoms with E-state index in [0.29, 0.717) is 5.56 Å². The van der Waals surface area contributed by atoms with Crippen LogP contribution in [0.3, 0.4) is 0 Å². The second kappa shape index (κ2) is 8.53. The molecule has 0 saturated heterocycles. The quantitative estimate of drug-likeness (QED) is 0.411. The highest BCUT2D eigenvalue weighted by atomic mass is 16.6. The lowest BCUT2D eigenvalue weighted by Crippen LogP contribution is -2.28. The van der Waals surface area contributed by atoms with Crippen LogP contribution in [0.25, 0.3) is 6.08 Å². The summed E-state index contributed by atoms with van der Waals surface area (Å²) in [6.45, 7) is 0. The smallest absolute Gasteiger partial charge is 0.269 e. The largest absolute Gasteiger partial charge is 0.340 e. The molecule has 0 bridgehead atoms. The Balaban J connectivity index is 1.75. The first kappa shape index (κ1) is 18.0. The molecule has 134 valence electrons. The van der Waals surface area contributed by atoms with E-state index in [9.17, 15) is 14.9 Å². The number of hydrogen-bond donors (Lipinski definition) is 1. The van der Waals surface area contributed by atoms with Gasteiger partial charge in [0.2, 0.25) is 5.91 Å². The molecule has 6 nitrogen and oxygen atoms in total. The predicted molar refractivity (Wildman–Crippen MR) is 103 cm³/mol. The number of pyridine rings is 1. The van der Waals surface area contributed by atoms with Crippen molar-refractivity contribution in [2.75, 3.05) is 0 Å². The summed E-state index contributed by atoms with van der Waals surface area (Å²) in [7, 11) is 0. The summed E-state index contributed by atoms with van der Waals surface area (Å²) in [4.78, 5) is 27.0. The van der Waals surface area contributed by atoms with Gasteiger partial charge in [0.25, 0.3) is 5.69 Å². The molecule has 3 aromatic rings. The molecule has 0 aliphatic rings. The Bertz CT molecular complexity index is 900. The highest BCUT2D eigenvalue weighted by Gasteiger charge is 2.16. The van der Waals surface area contributed by atoms with Crippen LogP contribution in [-0.2, 0) is 4.79 Å². The molecule has 1 heterocycles. The Labute approximate surface area is 156 Å². The molecule has 0 aliphatic heterocycles. The maximum atomic E-state index is 12.4. The average Bonchev–Trinajstić information content (AvgIpc) is 2.72. The zero-order valence-corrected chi connectivity index (χ0v) is 14.4. The fourth-order valence-corrected chi connectivity index (χ4v) is 2.59. The lowest BCUT2D eigenvalue weighted by atomic mass is 10.0. The molecule has 1 atom stereocenters. The fourth-order valence-electron chi connectivity index (χ4n) is 2.59. The Morgan fingerprint density at radius 3 is 2.33 bits per heavy atom. The van der Waals surface area contributed by atoms with Crippen molar-refractivity contribution >= 4 is 17.7 Å². The van der Waals surface area contributed by atoms with Gasteiger partial charge in [-0.25, -0.2) is 0 Å². The second-order valence-electron chi connectivity index (χ2n) is 5.79. The van der Waals surface area contributed by atoms with Gasteiger partial charge in [-0.2, -0.15) is 0 Å². The van der Waals surface area contributed by atoms with Crippen molar-refractivity contribution in [2.45, 2.75) is 6.04 Å². The van der Waals surface area contributed by atoms with Crippen LogP contribution in [0.2, 0.25) is 0 Å². The number of hydrogen-bond acceptors (Lipinski definition) is 4. The summed E-state index contributed by atoms with van der Waals surface area (Å²) in [6, 6.07) is 20.8. The highest BCUT2D eigenvalue weighted by molar-refractivity contribution is 5.92. The Hall–Kier alpha value is -3.80. The molecule has 3 rings (SSSR count). The third-order valence-corrected chi connectivity index (χ3v) is 3.93. The number of nitro benzene ring substituents is 1. The fraction of sp³-hybridized carbons (Fsp3) is 0.0476. The molecule has 0 aliphatic carbocycles. The summed E-state index contributed by atoms with van der Waals surface area (Å²) in [5, 5.41) is 13.6. The van der Waals surface area contributed by atoms with Crippen LogP contribution in [-0.4, -0.2) is 15.8 Å². The number of non-ortho nitro benzene ring substituents is 1. The number of aromatic nitrogens is 1. The van der Waals surface area contributed by atoms with Crippen LogP contribution in [0.15, 0.2) is 85.1 Å². The Kier molecular flexibility index (Phi) is 5.69. The van der Waals surface area contributed by atoms with Crippen LogP contribution in [0.1, 0.15) is 22.9 Å². The van der Waals surface area contributed by atoms with Crippen molar-refractivity contribution in [3.05, 3.63) is 112 Å². The van der Waals surface area contributed by atoms with Gasteiger partial charge in [0, 0.05) is 24.4 Å².